The Kier molecular flexibility index (Phi) is 3.76. The third-order valence-corrected chi connectivity index (χ3v) is 4.52. The van der Waals surface area contributed by atoms with Gasteiger partial charge in [0.2, 0.25) is 0 Å². The van der Waals surface area contributed by atoms with Gasteiger partial charge in [-0.15, -0.1) is 0 Å². The second kappa shape index (κ2) is 5.54. The number of nitrogens with two attached hydrogens (primary N) is 1. The Hall–Kier alpha value is -1.39. The lowest BCUT2D eigenvalue weighted by atomic mass is 9.93. The van der Waals surface area contributed by atoms with Gasteiger partial charge in [0.05, 0.1) is 12.1 Å². The van der Waals surface area contributed by atoms with E-state index in [1.807, 2.05) is 11.0 Å². The van der Waals surface area contributed by atoms with Crippen molar-refractivity contribution in [3.05, 3.63) is 35.4 Å². The normalized spacial score (nSPS) is 29.3. The first-order valence-corrected chi connectivity index (χ1v) is 7.44. The van der Waals surface area contributed by atoms with E-state index in [4.69, 9.17) is 10.5 Å². The number of rotatable bonds is 2. The van der Waals surface area contributed by atoms with Crippen LogP contribution in [-0.4, -0.2) is 36.1 Å². The second-order valence-electron chi connectivity index (χ2n) is 5.72. The smallest absolute Gasteiger partial charge is 0.252 e. The molecule has 0 saturated carbocycles. The Morgan fingerprint density at radius 3 is 2.95 bits per heavy atom. The van der Waals surface area contributed by atoms with E-state index in [9.17, 15) is 4.79 Å². The third kappa shape index (κ3) is 2.34. The predicted molar refractivity (Wildman–Crippen MR) is 77.2 cm³/mol. The van der Waals surface area contributed by atoms with Crippen LogP contribution in [-0.2, 0) is 16.0 Å². The van der Waals surface area contributed by atoms with Gasteiger partial charge in [-0.25, -0.2) is 0 Å². The molecule has 108 valence electrons. The van der Waals surface area contributed by atoms with E-state index in [1.54, 1.807) is 0 Å². The number of ether oxygens (including phenoxy) is 1. The first-order chi connectivity index (χ1) is 9.70. The largest absolute Gasteiger partial charge is 0.364 e. The average molecular weight is 274 g/mol. The zero-order chi connectivity index (χ0) is 14.1. The van der Waals surface area contributed by atoms with Crippen molar-refractivity contribution < 1.29 is 9.53 Å². The van der Waals surface area contributed by atoms with Crippen molar-refractivity contribution in [2.45, 2.75) is 44.4 Å². The monoisotopic (exact) mass is 274 g/mol. The second-order valence-corrected chi connectivity index (χ2v) is 5.72. The maximum atomic E-state index is 12.6. The van der Waals surface area contributed by atoms with E-state index in [1.165, 1.54) is 11.1 Å². The summed E-state index contributed by atoms with van der Waals surface area (Å²) in [7, 11) is 0. The fourth-order valence-electron chi connectivity index (χ4n) is 3.32. The van der Waals surface area contributed by atoms with Crippen molar-refractivity contribution in [2.24, 2.45) is 5.73 Å². The molecule has 1 aromatic carbocycles. The fourth-order valence-corrected chi connectivity index (χ4v) is 3.32. The zero-order valence-electron chi connectivity index (χ0n) is 11.9. The van der Waals surface area contributed by atoms with Gasteiger partial charge in [0.1, 0.15) is 6.10 Å². The number of carbonyl (C=O) groups is 1. The Morgan fingerprint density at radius 1 is 1.40 bits per heavy atom. The van der Waals surface area contributed by atoms with Crippen molar-refractivity contribution in [1.82, 2.24) is 4.90 Å². The van der Waals surface area contributed by atoms with E-state index in [0.717, 1.165) is 25.8 Å². The van der Waals surface area contributed by atoms with Crippen LogP contribution < -0.4 is 5.73 Å². The average Bonchev–Trinajstić information content (AvgIpc) is 2.96. The van der Waals surface area contributed by atoms with Gasteiger partial charge in [0.25, 0.3) is 5.91 Å². The molecule has 4 heteroatoms. The van der Waals surface area contributed by atoms with Gasteiger partial charge in [-0.3, -0.25) is 4.79 Å². The summed E-state index contributed by atoms with van der Waals surface area (Å²) in [5.74, 6) is 0.128. The molecule has 20 heavy (non-hydrogen) atoms. The standard InChI is InChI=1S/C16H22N2O2/c1-11-14-5-3-2-4-12(14)8-9-18(11)16(19)15-7-6-13(10-17)20-15/h2-5,11,13,15H,6-10,17H2,1H3/t11?,13-,15+/m1/s1. The van der Waals surface area contributed by atoms with Crippen LogP contribution in [0.2, 0.25) is 0 Å². The summed E-state index contributed by atoms with van der Waals surface area (Å²) in [5, 5.41) is 0. The fraction of sp³-hybridized carbons (Fsp3) is 0.562. The minimum Gasteiger partial charge on any atom is -0.364 e. The number of fused-ring (bicyclic) bond motifs is 1. The SMILES string of the molecule is CC1c2ccccc2CCN1C(=O)[C@@H]1CC[C@H](CN)O1. The third-order valence-electron chi connectivity index (χ3n) is 4.52. The van der Waals surface area contributed by atoms with Crippen LogP contribution in [0.3, 0.4) is 0 Å². The summed E-state index contributed by atoms with van der Waals surface area (Å²) in [6.45, 7) is 3.39. The van der Waals surface area contributed by atoms with Crippen LogP contribution in [0.5, 0.6) is 0 Å². The number of nitrogens with zero attached hydrogens (tertiary/aromatic N) is 1. The number of amides is 1. The zero-order valence-corrected chi connectivity index (χ0v) is 11.9. The number of hydrogen-bond donors (Lipinski definition) is 1. The summed E-state index contributed by atoms with van der Waals surface area (Å²) in [4.78, 5) is 14.6. The van der Waals surface area contributed by atoms with Gasteiger partial charge in [-0.1, -0.05) is 24.3 Å². The highest BCUT2D eigenvalue weighted by Gasteiger charge is 2.36. The maximum Gasteiger partial charge on any atom is 0.252 e. The molecule has 2 heterocycles. The molecule has 1 aromatic rings. The molecule has 1 fully saturated rings. The Bertz CT molecular complexity index is 503. The molecule has 1 amide bonds. The van der Waals surface area contributed by atoms with E-state index >= 15 is 0 Å². The molecule has 2 N–H and O–H groups in total. The van der Waals surface area contributed by atoms with Gasteiger partial charge in [0, 0.05) is 13.1 Å². The molecule has 0 bridgehead atoms. The van der Waals surface area contributed by atoms with E-state index in [0.29, 0.717) is 6.54 Å². The van der Waals surface area contributed by atoms with Crippen LogP contribution in [0.25, 0.3) is 0 Å². The molecule has 0 radical (unpaired) electrons. The summed E-state index contributed by atoms with van der Waals surface area (Å²) < 4.78 is 5.75. The summed E-state index contributed by atoms with van der Waals surface area (Å²) >= 11 is 0. The van der Waals surface area contributed by atoms with Crippen LogP contribution in [0.1, 0.15) is 36.9 Å². The first kappa shape index (κ1) is 13.6. The Balaban J connectivity index is 1.74. The quantitative estimate of drug-likeness (QED) is 0.892. The van der Waals surface area contributed by atoms with E-state index in [-0.39, 0.29) is 24.2 Å². The molecule has 0 spiro atoms. The molecule has 2 aliphatic heterocycles. The Labute approximate surface area is 119 Å². The predicted octanol–water partition coefficient (Wildman–Crippen LogP) is 1.64. The molecular weight excluding hydrogens is 252 g/mol. The van der Waals surface area contributed by atoms with Crippen molar-refractivity contribution in [3.8, 4) is 0 Å². The van der Waals surface area contributed by atoms with Crippen molar-refractivity contribution in [1.29, 1.82) is 0 Å². The minimum absolute atomic E-state index is 0.0522. The topological polar surface area (TPSA) is 55.6 Å². The number of benzene rings is 1. The molecule has 3 rings (SSSR count). The lowest BCUT2D eigenvalue weighted by molar-refractivity contribution is -0.145. The maximum absolute atomic E-state index is 12.6. The number of hydrogen-bond acceptors (Lipinski definition) is 3. The summed E-state index contributed by atoms with van der Waals surface area (Å²) in [6, 6.07) is 8.52. The molecule has 0 aromatic heterocycles. The van der Waals surface area contributed by atoms with E-state index in [2.05, 4.69) is 25.1 Å². The van der Waals surface area contributed by atoms with Gasteiger partial charge >= 0.3 is 0 Å². The van der Waals surface area contributed by atoms with Crippen molar-refractivity contribution in [3.63, 3.8) is 0 Å². The molecule has 3 atom stereocenters. The first-order valence-electron chi connectivity index (χ1n) is 7.44. The van der Waals surface area contributed by atoms with Crippen LogP contribution in [0.4, 0.5) is 0 Å². The number of carbonyl (C=O) groups excluding carboxylic acids is 1. The highest BCUT2D eigenvalue weighted by atomic mass is 16.5. The lowest BCUT2D eigenvalue weighted by Gasteiger charge is -2.36. The molecule has 1 saturated heterocycles. The van der Waals surface area contributed by atoms with Crippen LogP contribution >= 0.6 is 0 Å². The molecular formula is C16H22N2O2. The summed E-state index contributed by atoms with van der Waals surface area (Å²) in [6.07, 6.45) is 2.38. The summed E-state index contributed by atoms with van der Waals surface area (Å²) in [5.41, 5.74) is 8.24. The molecule has 1 unspecified atom stereocenters. The van der Waals surface area contributed by atoms with Crippen molar-refractivity contribution in [2.75, 3.05) is 13.1 Å². The van der Waals surface area contributed by atoms with Gasteiger partial charge in [0.15, 0.2) is 0 Å². The van der Waals surface area contributed by atoms with Gasteiger partial charge in [-0.05, 0) is 37.3 Å². The highest BCUT2D eigenvalue weighted by Crippen LogP contribution is 2.31. The lowest BCUT2D eigenvalue weighted by Crippen LogP contribution is -2.44. The van der Waals surface area contributed by atoms with Crippen molar-refractivity contribution >= 4 is 5.91 Å². The molecule has 0 aliphatic carbocycles. The highest BCUT2D eigenvalue weighted by molar-refractivity contribution is 5.82. The Morgan fingerprint density at radius 2 is 2.20 bits per heavy atom. The van der Waals surface area contributed by atoms with Gasteiger partial charge in [-0.2, -0.15) is 0 Å². The van der Waals surface area contributed by atoms with Gasteiger partial charge < -0.3 is 15.4 Å². The van der Waals surface area contributed by atoms with E-state index < -0.39 is 0 Å². The molecule has 4 nitrogen and oxygen atoms in total. The van der Waals surface area contributed by atoms with Crippen LogP contribution in [0.15, 0.2) is 24.3 Å². The van der Waals surface area contributed by atoms with Crippen LogP contribution in [0, 0.1) is 0 Å². The molecule has 2 aliphatic rings. The minimum atomic E-state index is -0.295.